The van der Waals surface area contributed by atoms with Crippen LogP contribution in [-0.4, -0.2) is 88.3 Å². The fourth-order valence-electron chi connectivity index (χ4n) is 6.25. The quantitative estimate of drug-likeness (QED) is 0.101. The van der Waals surface area contributed by atoms with Crippen LogP contribution in [0.15, 0.2) is 23.0 Å². The van der Waals surface area contributed by atoms with Gasteiger partial charge in [-0.05, 0) is 44.5 Å². The van der Waals surface area contributed by atoms with Crippen LogP contribution in [-0.2, 0) is 27.3 Å². The van der Waals surface area contributed by atoms with E-state index in [1.165, 1.54) is 37.1 Å². The summed E-state index contributed by atoms with van der Waals surface area (Å²) in [5, 5.41) is 48.9. The highest BCUT2D eigenvalue weighted by Gasteiger charge is 2.64. The first-order valence-corrected chi connectivity index (χ1v) is 12.7. The molecule has 4 rings (SSSR count). The van der Waals surface area contributed by atoms with E-state index in [1.807, 2.05) is 0 Å². The van der Waals surface area contributed by atoms with Gasteiger partial charge >= 0.3 is 6.18 Å². The number of nitrogens with zero attached hydrogens (tertiary/aromatic N) is 2. The molecule has 0 heterocycles. The Morgan fingerprint density at radius 1 is 1.20 bits per heavy atom. The van der Waals surface area contributed by atoms with Gasteiger partial charge < -0.3 is 36.5 Å². The highest BCUT2D eigenvalue weighted by atomic mass is 19.4. The van der Waals surface area contributed by atoms with Gasteiger partial charge in [-0.2, -0.15) is 13.2 Å². The highest BCUT2D eigenvalue weighted by Crippen LogP contribution is 2.54. The second-order valence-corrected chi connectivity index (χ2v) is 10.9. The minimum absolute atomic E-state index is 0.0146. The number of aromatic hydroxyl groups is 1. The van der Waals surface area contributed by atoms with Gasteiger partial charge in [0.2, 0.25) is 5.78 Å². The normalized spacial score (nSPS) is 26.2. The van der Waals surface area contributed by atoms with E-state index in [4.69, 9.17) is 11.6 Å². The largest absolute Gasteiger partial charge is 0.508 e. The van der Waals surface area contributed by atoms with Crippen molar-refractivity contribution in [3.8, 4) is 5.75 Å². The number of aliphatic hydroxyl groups is 3. The standard InChI is InChI=1S/C26H32F3N5O7/c1-33(2)18-13-7-10-6-12-14(34(3)31)8-11(9-32-5-4-25(27,28)29)19(35)16(12)20(36)15(10)22(38)26(13,41)23(39)17(21(18)37)24(30)40/h8,10,13,18,32,35-36,39,41H,4-7,9,31H2,1-3H3,(H2,30,40)/t10?,13-,18-,26-/m0/s1. The van der Waals surface area contributed by atoms with Gasteiger partial charge in [0, 0.05) is 37.2 Å². The van der Waals surface area contributed by atoms with Crippen molar-refractivity contribution in [2.45, 2.75) is 43.6 Å². The third-order valence-electron chi connectivity index (χ3n) is 8.06. The first kappa shape index (κ1) is 30.3. The summed E-state index contributed by atoms with van der Waals surface area (Å²) in [6.45, 7) is -0.685. The third kappa shape index (κ3) is 4.81. The Labute approximate surface area is 232 Å². The number of likely N-dealkylation sites (N-methyl/N-ethyl adjacent to an activating group) is 1. The van der Waals surface area contributed by atoms with Crippen molar-refractivity contribution in [3.05, 3.63) is 39.7 Å². The molecule has 1 unspecified atom stereocenters. The van der Waals surface area contributed by atoms with Gasteiger partial charge in [0.05, 0.1) is 23.7 Å². The van der Waals surface area contributed by atoms with Crippen LogP contribution in [0.3, 0.4) is 0 Å². The van der Waals surface area contributed by atoms with E-state index in [2.05, 4.69) is 5.32 Å². The Kier molecular flexibility index (Phi) is 7.62. The number of phenols is 1. The number of fused-ring (bicyclic) bond motifs is 3. The first-order valence-electron chi connectivity index (χ1n) is 12.7. The SMILES string of the molecule is CN(N)c1cc(CNCCC(F)(F)F)c(O)c2c1CC1C[C@H]3[C@H](N(C)C)C(=O)C(C(N)=O)=C(O)[C@@]3(O)C(=O)C1=C2O. The van der Waals surface area contributed by atoms with E-state index in [1.54, 1.807) is 0 Å². The number of alkyl halides is 3. The van der Waals surface area contributed by atoms with E-state index < -0.39 is 82.9 Å². The Morgan fingerprint density at radius 3 is 2.37 bits per heavy atom. The smallest absolute Gasteiger partial charge is 0.390 e. The number of hydrogen-bond donors (Lipinski definition) is 7. The Hall–Kier alpha value is -3.66. The second kappa shape index (κ2) is 10.3. The van der Waals surface area contributed by atoms with Crippen LogP contribution in [0.4, 0.5) is 18.9 Å². The number of rotatable bonds is 7. The molecular formula is C26H32F3N5O7. The molecule has 3 aliphatic carbocycles. The molecule has 0 aromatic heterocycles. The summed E-state index contributed by atoms with van der Waals surface area (Å²) in [7, 11) is 4.47. The lowest BCUT2D eigenvalue weighted by molar-refractivity contribution is -0.153. The number of ketones is 2. The molecule has 1 aromatic rings. The van der Waals surface area contributed by atoms with Gasteiger partial charge in [-0.3, -0.25) is 19.3 Å². The minimum Gasteiger partial charge on any atom is -0.508 e. The van der Waals surface area contributed by atoms with Gasteiger partial charge in [-0.15, -0.1) is 0 Å². The molecule has 1 amide bonds. The van der Waals surface area contributed by atoms with Crippen LogP contribution in [0.2, 0.25) is 0 Å². The summed E-state index contributed by atoms with van der Waals surface area (Å²) in [5.41, 5.74) is 1.78. The van der Waals surface area contributed by atoms with Crippen LogP contribution in [0, 0.1) is 11.8 Å². The summed E-state index contributed by atoms with van der Waals surface area (Å²) >= 11 is 0. The molecule has 15 heteroatoms. The summed E-state index contributed by atoms with van der Waals surface area (Å²) in [6, 6.07) is 0.233. The molecule has 0 spiro atoms. The van der Waals surface area contributed by atoms with Crippen molar-refractivity contribution in [1.29, 1.82) is 0 Å². The topological polar surface area (TPSA) is 203 Å². The Morgan fingerprint density at radius 2 is 1.83 bits per heavy atom. The van der Waals surface area contributed by atoms with Crippen molar-refractivity contribution in [2.75, 3.05) is 32.7 Å². The van der Waals surface area contributed by atoms with E-state index in [-0.39, 0.29) is 36.1 Å². The number of halogens is 3. The number of benzene rings is 1. The molecule has 3 aliphatic rings. The molecule has 1 saturated carbocycles. The van der Waals surface area contributed by atoms with Gasteiger partial charge in [-0.1, -0.05) is 0 Å². The fourth-order valence-corrected chi connectivity index (χ4v) is 6.25. The highest BCUT2D eigenvalue weighted by molar-refractivity contribution is 6.24. The number of anilines is 1. The van der Waals surface area contributed by atoms with Crippen molar-refractivity contribution in [3.63, 3.8) is 0 Å². The molecule has 0 bridgehead atoms. The van der Waals surface area contributed by atoms with Gasteiger partial charge in [0.15, 0.2) is 11.4 Å². The zero-order valence-electron chi connectivity index (χ0n) is 22.5. The summed E-state index contributed by atoms with van der Waals surface area (Å²) < 4.78 is 37.7. The van der Waals surface area contributed by atoms with Crippen molar-refractivity contribution in [2.24, 2.45) is 23.4 Å². The summed E-state index contributed by atoms with van der Waals surface area (Å²) in [6.07, 6.45) is -5.59. The van der Waals surface area contributed by atoms with Crippen LogP contribution >= 0.6 is 0 Å². The lowest BCUT2D eigenvalue weighted by Gasteiger charge is -2.50. The van der Waals surface area contributed by atoms with Gasteiger partial charge in [0.25, 0.3) is 5.91 Å². The van der Waals surface area contributed by atoms with Crippen LogP contribution in [0.25, 0.3) is 5.76 Å². The number of carbonyl (C=O) groups excluding carboxylic acids is 3. The molecule has 9 N–H and O–H groups in total. The Balaban J connectivity index is 1.87. The van der Waals surface area contributed by atoms with Crippen LogP contribution in [0.5, 0.6) is 5.75 Å². The van der Waals surface area contributed by atoms with Gasteiger partial charge in [-0.25, -0.2) is 5.84 Å². The molecule has 0 saturated heterocycles. The maximum atomic E-state index is 13.9. The molecular weight excluding hydrogens is 551 g/mol. The number of phenolic OH excluding ortho intramolecular Hbond substituents is 1. The summed E-state index contributed by atoms with van der Waals surface area (Å²) in [5.74, 6) is -1.83. The molecule has 0 aliphatic heterocycles. The summed E-state index contributed by atoms with van der Waals surface area (Å²) in [4.78, 5) is 40.6. The lowest BCUT2D eigenvalue weighted by Crippen LogP contribution is -2.65. The lowest BCUT2D eigenvalue weighted by atomic mass is 9.57. The van der Waals surface area contributed by atoms with Crippen molar-refractivity contribution < 1.29 is 48.0 Å². The monoisotopic (exact) mass is 583 g/mol. The predicted molar refractivity (Wildman–Crippen MR) is 139 cm³/mol. The molecule has 0 radical (unpaired) electrons. The molecule has 12 nitrogen and oxygen atoms in total. The number of primary amides is 1. The number of aliphatic hydroxyl groups excluding tert-OH is 2. The van der Waals surface area contributed by atoms with E-state index in [0.717, 1.165) is 0 Å². The second-order valence-electron chi connectivity index (χ2n) is 10.9. The minimum atomic E-state index is -4.39. The average molecular weight is 584 g/mol. The van der Waals surface area contributed by atoms with Crippen molar-refractivity contribution >= 4 is 28.9 Å². The van der Waals surface area contributed by atoms with E-state index in [0.29, 0.717) is 11.3 Å². The van der Waals surface area contributed by atoms with Crippen LogP contribution < -0.4 is 21.9 Å². The Bertz CT molecular complexity index is 1390. The zero-order chi connectivity index (χ0) is 30.8. The van der Waals surface area contributed by atoms with Gasteiger partial charge in [0.1, 0.15) is 22.8 Å². The number of nitrogens with one attached hydrogen (secondary N) is 1. The molecule has 41 heavy (non-hydrogen) atoms. The number of amides is 1. The number of hydrazine groups is 1. The van der Waals surface area contributed by atoms with E-state index in [9.17, 15) is 48.0 Å². The maximum Gasteiger partial charge on any atom is 0.390 e. The van der Waals surface area contributed by atoms with Crippen LogP contribution in [0.1, 0.15) is 29.5 Å². The van der Waals surface area contributed by atoms with Crippen molar-refractivity contribution in [1.82, 2.24) is 10.2 Å². The third-order valence-corrected chi connectivity index (χ3v) is 8.06. The maximum absolute atomic E-state index is 13.9. The van der Waals surface area contributed by atoms with E-state index >= 15 is 0 Å². The fraction of sp³-hybridized carbons (Fsp3) is 0.500. The molecule has 1 fully saturated rings. The predicted octanol–water partition coefficient (Wildman–Crippen LogP) is 0.316. The first-order chi connectivity index (χ1) is 18.9. The zero-order valence-corrected chi connectivity index (χ0v) is 22.5. The average Bonchev–Trinajstić information content (AvgIpc) is 2.83. The number of carbonyl (C=O) groups is 3. The molecule has 224 valence electrons. The number of nitrogens with two attached hydrogens (primary N) is 2. The number of Topliss-reactive ketones (excluding diaryl/α,β-unsaturated/α-hetero) is 2. The number of hydrogen-bond acceptors (Lipinski definition) is 11. The molecule has 1 aromatic carbocycles. The molecule has 4 atom stereocenters.